The maximum absolute atomic E-state index is 13.5. The summed E-state index contributed by atoms with van der Waals surface area (Å²) in [7, 11) is 0. The second-order valence-electron chi connectivity index (χ2n) is 7.29. The molecule has 0 radical (unpaired) electrons. The number of allylic oxidation sites excluding steroid dienone is 1. The average molecular weight is 375 g/mol. The molecule has 0 atom stereocenters. The number of ketones is 1. The Kier molecular flexibility index (Phi) is 4.25. The number of rotatable bonds is 4. The third-order valence-electron chi connectivity index (χ3n) is 5.63. The molecule has 4 aromatic carbocycles. The van der Waals surface area contributed by atoms with Crippen molar-refractivity contribution in [1.82, 2.24) is 0 Å². The van der Waals surface area contributed by atoms with E-state index in [4.69, 9.17) is 0 Å². The molecule has 0 aliphatic heterocycles. The molecule has 0 amide bonds. The number of hydrogen-bond acceptors (Lipinski definition) is 2. The normalized spacial score (nSPS) is 13.1. The fourth-order valence-corrected chi connectivity index (χ4v) is 4.20. The summed E-state index contributed by atoms with van der Waals surface area (Å²) in [4.78, 5) is 13.5. The standard InChI is InChI=1S/C27H21NO/c1-2-18-10-4-8-17-24(18)28-26-22-14-6-7-15-23(22)27(29)25(26)21-16-9-12-19-11-3-5-13-20(19)21/h3-17,28H,2H2,1H3. The van der Waals surface area contributed by atoms with Gasteiger partial charge in [-0.1, -0.05) is 91.9 Å². The monoisotopic (exact) mass is 375 g/mol. The van der Waals surface area contributed by atoms with Crippen LogP contribution in [0.25, 0.3) is 22.0 Å². The van der Waals surface area contributed by atoms with Gasteiger partial charge < -0.3 is 5.32 Å². The van der Waals surface area contributed by atoms with Crippen LogP contribution in [0.1, 0.15) is 34.0 Å². The molecule has 29 heavy (non-hydrogen) atoms. The van der Waals surface area contributed by atoms with Crippen LogP contribution in [0, 0.1) is 0 Å². The molecule has 140 valence electrons. The van der Waals surface area contributed by atoms with Gasteiger partial charge in [-0.15, -0.1) is 0 Å². The number of nitrogens with one attached hydrogen (secondary N) is 1. The highest BCUT2D eigenvalue weighted by atomic mass is 16.1. The smallest absolute Gasteiger partial charge is 0.196 e. The third-order valence-corrected chi connectivity index (χ3v) is 5.63. The van der Waals surface area contributed by atoms with E-state index in [0.717, 1.165) is 50.8 Å². The first kappa shape index (κ1) is 17.4. The van der Waals surface area contributed by atoms with E-state index in [1.54, 1.807) is 0 Å². The molecular formula is C27H21NO. The van der Waals surface area contributed by atoms with Crippen LogP contribution in [0.2, 0.25) is 0 Å². The largest absolute Gasteiger partial charge is 0.354 e. The van der Waals surface area contributed by atoms with E-state index in [2.05, 4.69) is 54.7 Å². The Balaban J connectivity index is 1.77. The van der Waals surface area contributed by atoms with Crippen molar-refractivity contribution in [2.24, 2.45) is 0 Å². The number of benzene rings is 4. The number of Topliss-reactive ketones (excluding diaryl/α,β-unsaturated/α-hetero) is 1. The van der Waals surface area contributed by atoms with Gasteiger partial charge in [-0.3, -0.25) is 4.79 Å². The van der Waals surface area contributed by atoms with E-state index in [9.17, 15) is 4.79 Å². The molecule has 0 bridgehead atoms. The fraction of sp³-hybridized carbons (Fsp3) is 0.0741. The summed E-state index contributed by atoms with van der Waals surface area (Å²) in [6.45, 7) is 2.15. The number of anilines is 1. The summed E-state index contributed by atoms with van der Waals surface area (Å²) in [6.07, 6.45) is 0.926. The quantitative estimate of drug-likeness (QED) is 0.436. The van der Waals surface area contributed by atoms with Gasteiger partial charge >= 0.3 is 0 Å². The van der Waals surface area contributed by atoms with E-state index in [-0.39, 0.29) is 5.78 Å². The number of aryl methyl sites for hydroxylation is 1. The van der Waals surface area contributed by atoms with Crippen LogP contribution in [0.4, 0.5) is 5.69 Å². The molecule has 0 unspecified atom stereocenters. The summed E-state index contributed by atoms with van der Waals surface area (Å²) >= 11 is 0. The molecule has 0 aromatic heterocycles. The van der Waals surface area contributed by atoms with Gasteiger partial charge in [0.05, 0.1) is 11.3 Å². The molecule has 0 spiro atoms. The Morgan fingerprint density at radius 1 is 0.690 bits per heavy atom. The molecular weight excluding hydrogens is 354 g/mol. The zero-order valence-electron chi connectivity index (χ0n) is 16.3. The van der Waals surface area contributed by atoms with Crippen molar-refractivity contribution in [1.29, 1.82) is 0 Å². The second-order valence-corrected chi connectivity index (χ2v) is 7.29. The predicted molar refractivity (Wildman–Crippen MR) is 121 cm³/mol. The first-order valence-corrected chi connectivity index (χ1v) is 9.99. The van der Waals surface area contributed by atoms with Gasteiger partial charge in [-0.05, 0) is 34.4 Å². The lowest BCUT2D eigenvalue weighted by Crippen LogP contribution is -2.03. The van der Waals surface area contributed by atoms with Crippen molar-refractivity contribution in [3.8, 4) is 0 Å². The number of fused-ring (bicyclic) bond motifs is 2. The molecule has 0 saturated heterocycles. The predicted octanol–water partition coefficient (Wildman–Crippen LogP) is 6.58. The summed E-state index contributed by atoms with van der Waals surface area (Å²) < 4.78 is 0. The number of carbonyl (C=O) groups is 1. The van der Waals surface area contributed by atoms with Gasteiger partial charge in [0.2, 0.25) is 0 Å². The van der Waals surface area contributed by atoms with E-state index in [1.807, 2.05) is 48.5 Å². The Bertz CT molecular complexity index is 1280. The highest BCUT2D eigenvalue weighted by Gasteiger charge is 2.31. The molecule has 1 aliphatic carbocycles. The summed E-state index contributed by atoms with van der Waals surface area (Å²) in [5.74, 6) is 0.0773. The highest BCUT2D eigenvalue weighted by Crippen LogP contribution is 2.41. The first-order valence-electron chi connectivity index (χ1n) is 9.99. The van der Waals surface area contributed by atoms with Crippen molar-refractivity contribution in [2.75, 3.05) is 5.32 Å². The van der Waals surface area contributed by atoms with Gasteiger partial charge in [-0.25, -0.2) is 0 Å². The Morgan fingerprint density at radius 3 is 2.21 bits per heavy atom. The summed E-state index contributed by atoms with van der Waals surface area (Å²) in [5, 5.41) is 5.84. The SMILES string of the molecule is CCc1ccccc1NC1=C(c2cccc3ccccc23)C(=O)c2ccccc21. The van der Waals surface area contributed by atoms with E-state index in [1.165, 1.54) is 5.56 Å². The van der Waals surface area contributed by atoms with Crippen LogP contribution in [-0.4, -0.2) is 5.78 Å². The lowest BCUT2D eigenvalue weighted by Gasteiger charge is -2.15. The van der Waals surface area contributed by atoms with Crippen molar-refractivity contribution in [3.63, 3.8) is 0 Å². The minimum absolute atomic E-state index is 0.0773. The molecule has 2 nitrogen and oxygen atoms in total. The van der Waals surface area contributed by atoms with Crippen molar-refractivity contribution >= 4 is 33.5 Å². The first-order chi connectivity index (χ1) is 14.3. The van der Waals surface area contributed by atoms with E-state index in [0.29, 0.717) is 0 Å². The highest BCUT2D eigenvalue weighted by molar-refractivity contribution is 6.42. The molecule has 0 saturated carbocycles. The molecule has 5 rings (SSSR count). The van der Waals surface area contributed by atoms with Crippen LogP contribution in [-0.2, 0) is 6.42 Å². The second kappa shape index (κ2) is 7.06. The molecule has 0 fully saturated rings. The van der Waals surface area contributed by atoms with Crippen molar-refractivity contribution in [2.45, 2.75) is 13.3 Å². The van der Waals surface area contributed by atoms with Gasteiger partial charge in [0.1, 0.15) is 0 Å². The molecule has 0 heterocycles. The zero-order valence-corrected chi connectivity index (χ0v) is 16.3. The van der Waals surface area contributed by atoms with Gasteiger partial charge in [-0.2, -0.15) is 0 Å². The third kappa shape index (κ3) is 2.85. The van der Waals surface area contributed by atoms with E-state index < -0.39 is 0 Å². The fourth-order valence-electron chi connectivity index (χ4n) is 4.20. The van der Waals surface area contributed by atoms with Crippen molar-refractivity contribution < 1.29 is 4.79 Å². The van der Waals surface area contributed by atoms with Crippen LogP contribution in [0.3, 0.4) is 0 Å². The van der Waals surface area contributed by atoms with Crippen LogP contribution in [0.5, 0.6) is 0 Å². The summed E-state index contributed by atoms with van der Waals surface area (Å²) in [5.41, 5.74) is 6.61. The number of hydrogen-bond donors (Lipinski definition) is 1. The maximum Gasteiger partial charge on any atom is 0.196 e. The summed E-state index contributed by atoms with van der Waals surface area (Å²) in [6, 6.07) is 30.6. The molecule has 1 N–H and O–H groups in total. The minimum Gasteiger partial charge on any atom is -0.354 e. The lowest BCUT2D eigenvalue weighted by molar-refractivity contribution is 0.105. The number of para-hydroxylation sites is 1. The Labute approximate surface area is 170 Å². The van der Waals surface area contributed by atoms with Gasteiger partial charge in [0, 0.05) is 16.8 Å². The zero-order chi connectivity index (χ0) is 19.8. The maximum atomic E-state index is 13.5. The van der Waals surface area contributed by atoms with Gasteiger partial charge in [0.15, 0.2) is 5.78 Å². The van der Waals surface area contributed by atoms with Crippen molar-refractivity contribution in [3.05, 3.63) is 113 Å². The molecule has 1 aliphatic rings. The Hall–Kier alpha value is -3.65. The van der Waals surface area contributed by atoms with E-state index >= 15 is 0 Å². The molecule has 2 heteroatoms. The van der Waals surface area contributed by atoms with Crippen LogP contribution >= 0.6 is 0 Å². The van der Waals surface area contributed by atoms with Gasteiger partial charge in [0.25, 0.3) is 0 Å². The Morgan fingerprint density at radius 2 is 1.34 bits per heavy atom. The van der Waals surface area contributed by atoms with Crippen LogP contribution < -0.4 is 5.32 Å². The lowest BCUT2D eigenvalue weighted by atomic mass is 9.95. The molecule has 4 aromatic rings. The topological polar surface area (TPSA) is 29.1 Å². The average Bonchev–Trinajstić information content (AvgIpc) is 3.05. The minimum atomic E-state index is 0.0773. The number of carbonyl (C=O) groups excluding carboxylic acids is 1. The van der Waals surface area contributed by atoms with Crippen LogP contribution in [0.15, 0.2) is 91.0 Å².